The SMILES string of the molecule is O=C(CC(c1cccs1)C1CC1)c1ccc2c(c1)C(NC(=O)c1ccc(F)cc1)=NC2. The zero-order valence-electron chi connectivity index (χ0n) is 16.8. The number of nitrogens with zero attached hydrogens (tertiary/aromatic N) is 1. The minimum absolute atomic E-state index is 0.115. The summed E-state index contributed by atoms with van der Waals surface area (Å²) in [5, 5.41) is 4.87. The number of halogens is 1. The van der Waals surface area contributed by atoms with E-state index in [2.05, 4.69) is 21.8 Å². The Bertz CT molecular complexity index is 1160. The summed E-state index contributed by atoms with van der Waals surface area (Å²) in [5.41, 5.74) is 2.75. The number of rotatable bonds is 6. The van der Waals surface area contributed by atoms with Crippen molar-refractivity contribution < 1.29 is 14.0 Å². The number of Topliss-reactive ketones (excluding diaryl/α,β-unsaturated/α-hetero) is 1. The van der Waals surface area contributed by atoms with Gasteiger partial charge in [-0.05, 0) is 66.1 Å². The summed E-state index contributed by atoms with van der Waals surface area (Å²) in [6, 6.07) is 15.2. The maximum absolute atomic E-state index is 13.1. The van der Waals surface area contributed by atoms with Gasteiger partial charge in [-0.3, -0.25) is 14.6 Å². The molecule has 3 aromatic rings. The molecule has 1 aromatic heterocycles. The molecule has 0 radical (unpaired) electrons. The second-order valence-electron chi connectivity index (χ2n) is 8.08. The summed E-state index contributed by atoms with van der Waals surface area (Å²) in [7, 11) is 0. The topological polar surface area (TPSA) is 58.5 Å². The average Bonchev–Trinajstić information content (AvgIpc) is 3.32. The number of ketones is 1. The highest BCUT2D eigenvalue weighted by atomic mass is 32.1. The average molecular weight is 433 g/mol. The number of hydrogen-bond acceptors (Lipinski definition) is 4. The highest BCUT2D eigenvalue weighted by molar-refractivity contribution is 7.10. The van der Waals surface area contributed by atoms with Gasteiger partial charge in [0.05, 0.1) is 6.54 Å². The lowest BCUT2D eigenvalue weighted by Gasteiger charge is -2.14. The second kappa shape index (κ2) is 8.19. The number of thiophene rings is 1. The van der Waals surface area contributed by atoms with Crippen LogP contribution in [0.15, 0.2) is 65.0 Å². The third kappa shape index (κ3) is 4.21. The fraction of sp³-hybridized carbons (Fsp3) is 0.240. The monoisotopic (exact) mass is 432 g/mol. The van der Waals surface area contributed by atoms with E-state index in [9.17, 15) is 14.0 Å². The van der Waals surface area contributed by atoms with Crippen LogP contribution in [0, 0.1) is 11.7 Å². The summed E-state index contributed by atoms with van der Waals surface area (Å²) in [6.45, 7) is 0.461. The van der Waals surface area contributed by atoms with Crippen LogP contribution < -0.4 is 5.32 Å². The van der Waals surface area contributed by atoms with E-state index in [1.165, 1.54) is 42.0 Å². The molecule has 1 atom stereocenters. The largest absolute Gasteiger partial charge is 0.306 e. The van der Waals surface area contributed by atoms with E-state index in [1.807, 2.05) is 24.3 Å². The first-order chi connectivity index (χ1) is 15.1. The minimum Gasteiger partial charge on any atom is -0.306 e. The van der Waals surface area contributed by atoms with Crippen LogP contribution in [-0.2, 0) is 6.54 Å². The Morgan fingerprint density at radius 3 is 2.58 bits per heavy atom. The molecule has 156 valence electrons. The zero-order chi connectivity index (χ0) is 21.4. The number of amides is 1. The fourth-order valence-corrected chi connectivity index (χ4v) is 4.99. The zero-order valence-corrected chi connectivity index (χ0v) is 17.6. The smallest absolute Gasteiger partial charge is 0.256 e. The first-order valence-corrected chi connectivity index (χ1v) is 11.3. The van der Waals surface area contributed by atoms with Gasteiger partial charge in [0.15, 0.2) is 5.78 Å². The van der Waals surface area contributed by atoms with Crippen LogP contribution >= 0.6 is 11.3 Å². The van der Waals surface area contributed by atoms with Crippen LogP contribution in [0.2, 0.25) is 0 Å². The van der Waals surface area contributed by atoms with E-state index in [-0.39, 0.29) is 17.6 Å². The molecule has 2 heterocycles. The first kappa shape index (κ1) is 19.8. The van der Waals surface area contributed by atoms with E-state index in [0.29, 0.717) is 35.8 Å². The molecule has 1 fully saturated rings. The van der Waals surface area contributed by atoms with Crippen LogP contribution in [0.5, 0.6) is 0 Å². The molecular formula is C25H21FN2O2S. The molecule has 5 rings (SSSR count). The predicted octanol–water partition coefficient (Wildman–Crippen LogP) is 5.34. The number of nitrogens with one attached hydrogen (secondary N) is 1. The standard InChI is InChI=1S/C25H21FN2O2S/c26-19-9-7-16(8-10-19)25(30)28-24-21-12-17(5-6-18(21)14-27-24)22(29)13-20(15-3-4-15)23-2-1-11-31-23/h1-2,5-12,15,20H,3-4,13-14H2,(H,27,28,30). The fourth-order valence-electron chi connectivity index (χ4n) is 4.06. The van der Waals surface area contributed by atoms with E-state index in [1.54, 1.807) is 11.3 Å². The van der Waals surface area contributed by atoms with Crippen molar-refractivity contribution in [1.82, 2.24) is 5.32 Å². The van der Waals surface area contributed by atoms with E-state index < -0.39 is 5.82 Å². The van der Waals surface area contributed by atoms with Gasteiger partial charge in [0.2, 0.25) is 0 Å². The summed E-state index contributed by atoms with van der Waals surface area (Å²) >= 11 is 1.72. The molecule has 6 heteroatoms. The van der Waals surface area contributed by atoms with Crippen LogP contribution in [0.25, 0.3) is 0 Å². The Morgan fingerprint density at radius 1 is 1.10 bits per heavy atom. The summed E-state index contributed by atoms with van der Waals surface area (Å²) < 4.78 is 13.1. The van der Waals surface area contributed by atoms with Gasteiger partial charge < -0.3 is 5.32 Å². The number of carbonyl (C=O) groups is 2. The Labute approximate surface area is 183 Å². The normalized spacial score (nSPS) is 15.8. The Balaban J connectivity index is 1.33. The molecule has 1 unspecified atom stereocenters. The summed E-state index contributed by atoms with van der Waals surface area (Å²) in [5.74, 6) is 0.710. The molecule has 1 N–H and O–H groups in total. The van der Waals surface area contributed by atoms with Gasteiger partial charge in [0, 0.05) is 33.9 Å². The lowest BCUT2D eigenvalue weighted by Crippen LogP contribution is -2.30. The van der Waals surface area contributed by atoms with Gasteiger partial charge in [-0.15, -0.1) is 11.3 Å². The highest BCUT2D eigenvalue weighted by Gasteiger charge is 2.34. The predicted molar refractivity (Wildman–Crippen MR) is 119 cm³/mol. The molecule has 1 amide bonds. The van der Waals surface area contributed by atoms with Crippen LogP contribution in [0.3, 0.4) is 0 Å². The third-order valence-electron chi connectivity index (χ3n) is 5.94. The molecule has 0 spiro atoms. The maximum Gasteiger partial charge on any atom is 0.256 e. The molecule has 0 saturated heterocycles. The third-order valence-corrected chi connectivity index (χ3v) is 6.94. The van der Waals surface area contributed by atoms with Gasteiger partial charge in [-0.1, -0.05) is 18.2 Å². The van der Waals surface area contributed by atoms with Crippen molar-refractivity contribution in [3.05, 3.63) is 92.9 Å². The van der Waals surface area contributed by atoms with Crippen molar-refractivity contribution in [2.45, 2.75) is 31.7 Å². The molecular weight excluding hydrogens is 411 g/mol. The van der Waals surface area contributed by atoms with Gasteiger partial charge in [-0.25, -0.2) is 4.39 Å². The van der Waals surface area contributed by atoms with Crippen LogP contribution in [0.4, 0.5) is 4.39 Å². The highest BCUT2D eigenvalue weighted by Crippen LogP contribution is 2.46. The number of carbonyl (C=O) groups excluding carboxylic acids is 2. The maximum atomic E-state index is 13.1. The van der Waals surface area contributed by atoms with Crippen molar-refractivity contribution >= 4 is 28.9 Å². The van der Waals surface area contributed by atoms with E-state index in [0.717, 1.165) is 11.1 Å². The van der Waals surface area contributed by atoms with Crippen molar-refractivity contribution in [3.8, 4) is 0 Å². The Hall–Kier alpha value is -3.12. The Morgan fingerprint density at radius 2 is 1.87 bits per heavy atom. The van der Waals surface area contributed by atoms with Gasteiger partial charge in [0.1, 0.15) is 11.7 Å². The number of benzene rings is 2. The van der Waals surface area contributed by atoms with Crippen molar-refractivity contribution in [2.75, 3.05) is 0 Å². The van der Waals surface area contributed by atoms with E-state index in [4.69, 9.17) is 0 Å². The molecule has 1 aliphatic heterocycles. The lowest BCUT2D eigenvalue weighted by molar-refractivity contribution is 0.0966. The minimum atomic E-state index is -0.393. The first-order valence-electron chi connectivity index (χ1n) is 10.4. The second-order valence-corrected chi connectivity index (χ2v) is 9.06. The number of hydrogen-bond donors (Lipinski definition) is 1. The number of amidine groups is 1. The lowest BCUT2D eigenvalue weighted by atomic mass is 9.91. The molecule has 31 heavy (non-hydrogen) atoms. The Kier molecular flexibility index (Phi) is 5.24. The molecule has 1 aliphatic carbocycles. The number of aliphatic imine (C=N–C) groups is 1. The molecule has 1 saturated carbocycles. The van der Waals surface area contributed by atoms with Crippen molar-refractivity contribution in [3.63, 3.8) is 0 Å². The van der Waals surface area contributed by atoms with E-state index >= 15 is 0 Å². The number of fused-ring (bicyclic) bond motifs is 1. The summed E-state index contributed by atoms with van der Waals surface area (Å²) in [6.07, 6.45) is 2.87. The van der Waals surface area contributed by atoms with Gasteiger partial charge in [0.25, 0.3) is 5.91 Å². The molecule has 2 aromatic carbocycles. The molecule has 0 bridgehead atoms. The quantitative estimate of drug-likeness (QED) is 0.534. The van der Waals surface area contributed by atoms with Crippen LogP contribution in [0.1, 0.15) is 61.9 Å². The van der Waals surface area contributed by atoms with Gasteiger partial charge in [-0.2, -0.15) is 0 Å². The molecule has 2 aliphatic rings. The van der Waals surface area contributed by atoms with Crippen molar-refractivity contribution in [1.29, 1.82) is 0 Å². The summed E-state index contributed by atoms with van der Waals surface area (Å²) in [4.78, 5) is 31.3. The van der Waals surface area contributed by atoms with Crippen LogP contribution in [-0.4, -0.2) is 17.5 Å². The molecule has 4 nitrogen and oxygen atoms in total. The van der Waals surface area contributed by atoms with Gasteiger partial charge >= 0.3 is 0 Å². The van der Waals surface area contributed by atoms with Crippen molar-refractivity contribution in [2.24, 2.45) is 10.9 Å².